The second-order valence-corrected chi connectivity index (χ2v) is 4.65. The third-order valence-corrected chi connectivity index (χ3v) is 2.98. The number of carbonyl (C=O) groups is 2. The summed E-state index contributed by atoms with van der Waals surface area (Å²) in [6, 6.07) is 18.2. The molecule has 0 N–H and O–H groups in total. The maximum absolute atomic E-state index is 11.9. The van der Waals surface area contributed by atoms with Crippen LogP contribution in [0.1, 0.15) is 22.3 Å². The zero-order chi connectivity index (χ0) is 15.8. The Morgan fingerprint density at radius 3 is 2.23 bits per heavy atom. The molecule has 0 fully saturated rings. The van der Waals surface area contributed by atoms with Crippen molar-refractivity contribution in [2.24, 2.45) is 0 Å². The van der Waals surface area contributed by atoms with E-state index in [-0.39, 0.29) is 12.3 Å². The van der Waals surface area contributed by atoms with E-state index in [4.69, 9.17) is 4.84 Å². The van der Waals surface area contributed by atoms with E-state index in [2.05, 4.69) is 0 Å². The van der Waals surface area contributed by atoms with Crippen LogP contribution in [0.2, 0.25) is 0 Å². The molecule has 0 saturated heterocycles. The molecule has 0 aliphatic heterocycles. The Labute approximate surface area is 129 Å². The van der Waals surface area contributed by atoms with Crippen LogP contribution in [0.3, 0.4) is 0 Å². The van der Waals surface area contributed by atoms with Crippen molar-refractivity contribution in [1.82, 2.24) is 5.06 Å². The van der Waals surface area contributed by atoms with Crippen molar-refractivity contribution < 1.29 is 14.4 Å². The largest absolute Gasteiger partial charge is 0.363 e. The lowest BCUT2D eigenvalue weighted by Crippen LogP contribution is -2.29. The summed E-state index contributed by atoms with van der Waals surface area (Å²) in [6.45, 7) is 0. The average molecular weight is 295 g/mol. The smallest absolute Gasteiger partial charge is 0.333 e. The Morgan fingerprint density at radius 2 is 1.59 bits per heavy atom. The van der Waals surface area contributed by atoms with Gasteiger partial charge in [-0.25, -0.2) is 4.79 Å². The van der Waals surface area contributed by atoms with Gasteiger partial charge in [-0.1, -0.05) is 60.7 Å². The molecule has 0 unspecified atom stereocenters. The van der Waals surface area contributed by atoms with Gasteiger partial charge in [-0.05, 0) is 17.7 Å². The molecular formula is C18H17NO3. The number of hydrogen-bond donors (Lipinski definition) is 0. The molecule has 0 radical (unpaired) electrons. The molecule has 0 atom stereocenters. The zero-order valence-corrected chi connectivity index (χ0v) is 12.3. The fourth-order valence-electron chi connectivity index (χ4n) is 1.79. The highest BCUT2D eigenvalue weighted by Gasteiger charge is 2.14. The number of hydrogen-bond acceptors (Lipinski definition) is 3. The van der Waals surface area contributed by atoms with E-state index in [0.717, 1.165) is 10.6 Å². The van der Waals surface area contributed by atoms with Crippen LogP contribution in [0, 0.1) is 0 Å². The van der Waals surface area contributed by atoms with Crippen LogP contribution >= 0.6 is 0 Å². The van der Waals surface area contributed by atoms with Crippen molar-refractivity contribution in [3.8, 4) is 0 Å². The van der Waals surface area contributed by atoms with E-state index in [1.165, 1.54) is 7.05 Å². The molecule has 4 nitrogen and oxygen atoms in total. The molecule has 1 amide bonds. The first-order valence-corrected chi connectivity index (χ1v) is 6.92. The minimum atomic E-state index is -0.552. The maximum Gasteiger partial charge on any atom is 0.363 e. The quantitative estimate of drug-likeness (QED) is 0.813. The summed E-state index contributed by atoms with van der Waals surface area (Å²) in [5, 5.41) is 0.963. The van der Waals surface area contributed by atoms with Gasteiger partial charge in [0.05, 0.1) is 5.56 Å². The van der Waals surface area contributed by atoms with Crippen molar-refractivity contribution in [2.75, 3.05) is 7.05 Å². The van der Waals surface area contributed by atoms with E-state index in [1.807, 2.05) is 36.4 Å². The molecule has 0 aromatic heterocycles. The van der Waals surface area contributed by atoms with Crippen molar-refractivity contribution in [3.63, 3.8) is 0 Å². The summed E-state index contributed by atoms with van der Waals surface area (Å²) in [6.07, 6.45) is 3.75. The highest BCUT2D eigenvalue weighted by molar-refractivity contribution is 5.90. The zero-order valence-electron chi connectivity index (χ0n) is 12.3. The van der Waals surface area contributed by atoms with Crippen LogP contribution in [-0.4, -0.2) is 24.0 Å². The Balaban J connectivity index is 1.85. The number of amides is 1. The van der Waals surface area contributed by atoms with Gasteiger partial charge in [-0.15, -0.1) is 0 Å². The van der Waals surface area contributed by atoms with Gasteiger partial charge in [0.1, 0.15) is 0 Å². The van der Waals surface area contributed by atoms with E-state index >= 15 is 0 Å². The van der Waals surface area contributed by atoms with Crippen LogP contribution in [0.4, 0.5) is 0 Å². The summed E-state index contributed by atoms with van der Waals surface area (Å²) >= 11 is 0. The number of rotatable bonds is 4. The first-order chi connectivity index (χ1) is 10.7. The van der Waals surface area contributed by atoms with Gasteiger partial charge >= 0.3 is 5.97 Å². The lowest BCUT2D eigenvalue weighted by Gasteiger charge is -2.15. The van der Waals surface area contributed by atoms with E-state index in [9.17, 15) is 9.59 Å². The predicted molar refractivity (Wildman–Crippen MR) is 84.7 cm³/mol. The highest BCUT2D eigenvalue weighted by atomic mass is 16.7. The van der Waals surface area contributed by atoms with Crippen LogP contribution < -0.4 is 0 Å². The molecule has 22 heavy (non-hydrogen) atoms. The molecule has 4 heteroatoms. The van der Waals surface area contributed by atoms with Gasteiger partial charge in [0.25, 0.3) is 5.91 Å². The monoisotopic (exact) mass is 295 g/mol. The summed E-state index contributed by atoms with van der Waals surface area (Å²) in [7, 11) is 1.43. The number of benzene rings is 2. The van der Waals surface area contributed by atoms with Gasteiger partial charge in [-0.3, -0.25) is 4.79 Å². The molecule has 2 aromatic carbocycles. The molecule has 2 aromatic rings. The fraction of sp³-hybridized carbons (Fsp3) is 0.111. The van der Waals surface area contributed by atoms with E-state index in [0.29, 0.717) is 5.56 Å². The normalized spacial score (nSPS) is 10.4. The molecule has 112 valence electrons. The topological polar surface area (TPSA) is 46.6 Å². The van der Waals surface area contributed by atoms with Gasteiger partial charge in [0.2, 0.25) is 0 Å². The SMILES string of the molecule is CN(OC(=O)c1ccccc1)C(=O)C/C=C/c1ccccc1. The molecule has 0 aliphatic rings. The molecule has 2 rings (SSSR count). The molecule has 0 heterocycles. The van der Waals surface area contributed by atoms with Crippen LogP contribution in [0.25, 0.3) is 6.08 Å². The number of hydroxylamine groups is 2. The third-order valence-electron chi connectivity index (χ3n) is 2.98. The fourth-order valence-corrected chi connectivity index (χ4v) is 1.79. The van der Waals surface area contributed by atoms with E-state index in [1.54, 1.807) is 36.4 Å². The molecular weight excluding hydrogens is 278 g/mol. The Kier molecular flexibility index (Phi) is 5.49. The lowest BCUT2D eigenvalue weighted by atomic mass is 10.2. The predicted octanol–water partition coefficient (Wildman–Crippen LogP) is 3.32. The van der Waals surface area contributed by atoms with Gasteiger partial charge < -0.3 is 4.84 Å². The third kappa shape index (κ3) is 4.59. The van der Waals surface area contributed by atoms with Crippen LogP contribution in [0.5, 0.6) is 0 Å². The number of nitrogens with zero attached hydrogens (tertiary/aromatic N) is 1. The van der Waals surface area contributed by atoms with Crippen LogP contribution in [0.15, 0.2) is 66.7 Å². The molecule has 0 bridgehead atoms. The summed E-state index contributed by atoms with van der Waals surface area (Å²) in [5.41, 5.74) is 1.42. The summed E-state index contributed by atoms with van der Waals surface area (Å²) in [5.74, 6) is -0.847. The van der Waals surface area contributed by atoms with Crippen molar-refractivity contribution in [3.05, 3.63) is 77.9 Å². The van der Waals surface area contributed by atoms with Gasteiger partial charge in [0.15, 0.2) is 0 Å². The lowest BCUT2D eigenvalue weighted by molar-refractivity contribution is -0.160. The van der Waals surface area contributed by atoms with Gasteiger partial charge in [-0.2, -0.15) is 5.06 Å². The Hall–Kier alpha value is -2.88. The van der Waals surface area contributed by atoms with Crippen molar-refractivity contribution in [1.29, 1.82) is 0 Å². The average Bonchev–Trinajstić information content (AvgIpc) is 2.56. The Bertz CT molecular complexity index is 651. The van der Waals surface area contributed by atoms with Crippen LogP contribution in [-0.2, 0) is 9.63 Å². The highest BCUT2D eigenvalue weighted by Crippen LogP contribution is 2.05. The molecule has 0 saturated carbocycles. The minimum Gasteiger partial charge on any atom is -0.333 e. The minimum absolute atomic E-state index is 0.160. The van der Waals surface area contributed by atoms with E-state index < -0.39 is 5.97 Å². The second-order valence-electron chi connectivity index (χ2n) is 4.65. The van der Waals surface area contributed by atoms with Crippen molar-refractivity contribution in [2.45, 2.75) is 6.42 Å². The summed E-state index contributed by atoms with van der Waals surface area (Å²) < 4.78 is 0. The molecule has 0 spiro atoms. The van der Waals surface area contributed by atoms with Crippen molar-refractivity contribution >= 4 is 18.0 Å². The van der Waals surface area contributed by atoms with Gasteiger partial charge in [0, 0.05) is 13.5 Å². The first kappa shape index (κ1) is 15.5. The maximum atomic E-state index is 11.9. The second kappa shape index (κ2) is 7.78. The molecule has 0 aliphatic carbocycles. The summed E-state index contributed by atoms with van der Waals surface area (Å²) in [4.78, 5) is 28.7. The Morgan fingerprint density at radius 1 is 1.00 bits per heavy atom. The number of carbonyl (C=O) groups excluding carboxylic acids is 2. The first-order valence-electron chi connectivity index (χ1n) is 6.92. The standard InChI is InChI=1S/C18H17NO3/c1-19(22-18(21)16-12-6-3-7-13-16)17(20)14-8-11-15-9-4-2-5-10-15/h2-13H,14H2,1H3/b11-8+.